The first-order chi connectivity index (χ1) is 5.08. The molecule has 3 heteroatoms. The van der Waals surface area contributed by atoms with E-state index < -0.39 is 5.54 Å². The van der Waals surface area contributed by atoms with Crippen LogP contribution in [0.15, 0.2) is 22.3 Å². The standard InChI is InChI=1S/C8H9BrN2/c1-6-3-4-7(9)8(2,5-10)11-6/h3-4,11H,1-2H3. The summed E-state index contributed by atoms with van der Waals surface area (Å²) in [7, 11) is 0. The van der Waals surface area contributed by atoms with Crippen LogP contribution >= 0.6 is 15.9 Å². The molecule has 1 heterocycles. The molecule has 0 spiro atoms. The first-order valence-electron chi connectivity index (χ1n) is 3.32. The molecule has 0 aliphatic carbocycles. The molecule has 1 N–H and O–H groups in total. The fraction of sp³-hybridized carbons (Fsp3) is 0.375. The van der Waals surface area contributed by atoms with E-state index in [-0.39, 0.29) is 0 Å². The highest BCUT2D eigenvalue weighted by molar-refractivity contribution is 9.11. The highest BCUT2D eigenvalue weighted by Crippen LogP contribution is 2.26. The molecule has 0 aromatic rings. The fourth-order valence-electron chi connectivity index (χ4n) is 0.942. The van der Waals surface area contributed by atoms with Crippen LogP contribution in [-0.2, 0) is 0 Å². The van der Waals surface area contributed by atoms with Gasteiger partial charge in [-0.2, -0.15) is 5.26 Å². The maximum Gasteiger partial charge on any atom is 0.154 e. The molecule has 0 aromatic carbocycles. The molecule has 2 nitrogen and oxygen atoms in total. The van der Waals surface area contributed by atoms with Crippen LogP contribution in [0.5, 0.6) is 0 Å². The van der Waals surface area contributed by atoms with E-state index in [2.05, 4.69) is 27.3 Å². The van der Waals surface area contributed by atoms with Gasteiger partial charge in [0.2, 0.25) is 0 Å². The number of allylic oxidation sites excluding steroid dienone is 3. The Balaban J connectivity index is 3.01. The van der Waals surface area contributed by atoms with Gasteiger partial charge < -0.3 is 5.32 Å². The fourth-order valence-corrected chi connectivity index (χ4v) is 1.26. The van der Waals surface area contributed by atoms with Crippen molar-refractivity contribution in [1.29, 1.82) is 5.26 Å². The van der Waals surface area contributed by atoms with Gasteiger partial charge in [-0.15, -0.1) is 0 Å². The zero-order valence-electron chi connectivity index (χ0n) is 6.48. The number of halogens is 1. The van der Waals surface area contributed by atoms with Gasteiger partial charge in [-0.3, -0.25) is 0 Å². The Morgan fingerprint density at radius 2 is 2.27 bits per heavy atom. The Kier molecular flexibility index (Phi) is 2.05. The molecular formula is C8H9BrN2. The minimum absolute atomic E-state index is 0.584. The Bertz CT molecular complexity index is 272. The van der Waals surface area contributed by atoms with Crippen molar-refractivity contribution in [3.05, 3.63) is 22.3 Å². The van der Waals surface area contributed by atoms with E-state index in [4.69, 9.17) is 5.26 Å². The smallest absolute Gasteiger partial charge is 0.154 e. The van der Waals surface area contributed by atoms with Crippen molar-refractivity contribution in [3.63, 3.8) is 0 Å². The summed E-state index contributed by atoms with van der Waals surface area (Å²) in [6, 6.07) is 2.19. The van der Waals surface area contributed by atoms with E-state index in [0.29, 0.717) is 0 Å². The second-order valence-electron chi connectivity index (χ2n) is 2.73. The Morgan fingerprint density at radius 3 is 2.73 bits per heavy atom. The number of dihydropyridines is 1. The Labute approximate surface area is 74.7 Å². The summed E-state index contributed by atoms with van der Waals surface area (Å²) in [5.74, 6) is 0. The summed E-state index contributed by atoms with van der Waals surface area (Å²) in [4.78, 5) is 0. The van der Waals surface area contributed by atoms with Crippen LogP contribution in [0.2, 0.25) is 0 Å². The van der Waals surface area contributed by atoms with Gasteiger partial charge in [0.1, 0.15) is 0 Å². The van der Waals surface area contributed by atoms with E-state index in [1.807, 2.05) is 26.0 Å². The molecule has 1 rings (SSSR count). The molecule has 1 aliphatic rings. The predicted octanol–water partition coefficient (Wildman–Crippen LogP) is 2.05. The van der Waals surface area contributed by atoms with Crippen molar-refractivity contribution in [3.8, 4) is 6.07 Å². The van der Waals surface area contributed by atoms with Crippen LogP contribution in [0.3, 0.4) is 0 Å². The van der Waals surface area contributed by atoms with E-state index in [9.17, 15) is 0 Å². The van der Waals surface area contributed by atoms with Gasteiger partial charge in [-0.05, 0) is 26.0 Å². The summed E-state index contributed by atoms with van der Waals surface area (Å²) in [6.07, 6.45) is 3.83. The highest BCUT2D eigenvalue weighted by atomic mass is 79.9. The van der Waals surface area contributed by atoms with Crippen LogP contribution in [0.1, 0.15) is 13.8 Å². The SMILES string of the molecule is CC1=CC=C(Br)C(C)(C#N)N1. The quantitative estimate of drug-likeness (QED) is 0.668. The van der Waals surface area contributed by atoms with E-state index >= 15 is 0 Å². The topological polar surface area (TPSA) is 35.8 Å². The molecule has 1 unspecified atom stereocenters. The van der Waals surface area contributed by atoms with Crippen LogP contribution in [0, 0.1) is 11.3 Å². The third-order valence-corrected chi connectivity index (χ3v) is 2.69. The first kappa shape index (κ1) is 8.35. The van der Waals surface area contributed by atoms with Crippen LogP contribution in [0.4, 0.5) is 0 Å². The van der Waals surface area contributed by atoms with Gasteiger partial charge in [0.05, 0.1) is 6.07 Å². The molecule has 58 valence electrons. The van der Waals surface area contributed by atoms with Crippen molar-refractivity contribution in [2.24, 2.45) is 0 Å². The summed E-state index contributed by atoms with van der Waals surface area (Å²) in [6.45, 7) is 3.77. The number of nitrogens with one attached hydrogen (secondary N) is 1. The average Bonchev–Trinajstić information content (AvgIpc) is 1.98. The number of rotatable bonds is 0. The molecule has 1 aliphatic heterocycles. The first-order valence-corrected chi connectivity index (χ1v) is 4.12. The third kappa shape index (κ3) is 1.46. The largest absolute Gasteiger partial charge is 0.367 e. The molecule has 0 fully saturated rings. The lowest BCUT2D eigenvalue weighted by Crippen LogP contribution is -2.41. The summed E-state index contributed by atoms with van der Waals surface area (Å²) >= 11 is 3.33. The summed E-state index contributed by atoms with van der Waals surface area (Å²) in [5.41, 5.74) is 0.427. The number of hydrogen-bond donors (Lipinski definition) is 1. The normalized spacial score (nSPS) is 29.6. The molecule has 0 amide bonds. The molecule has 0 bridgehead atoms. The van der Waals surface area contributed by atoms with Crippen molar-refractivity contribution in [2.45, 2.75) is 19.4 Å². The minimum Gasteiger partial charge on any atom is -0.367 e. The predicted molar refractivity (Wildman–Crippen MR) is 47.9 cm³/mol. The second-order valence-corrected chi connectivity index (χ2v) is 3.58. The van der Waals surface area contributed by atoms with Gasteiger partial charge in [0.15, 0.2) is 5.54 Å². The maximum absolute atomic E-state index is 8.83. The lowest BCUT2D eigenvalue weighted by molar-refractivity contribution is 0.590. The van der Waals surface area contributed by atoms with Gasteiger partial charge in [0.25, 0.3) is 0 Å². The summed E-state index contributed by atoms with van der Waals surface area (Å²) in [5, 5.41) is 11.9. The van der Waals surface area contributed by atoms with Gasteiger partial charge >= 0.3 is 0 Å². The van der Waals surface area contributed by atoms with Gasteiger partial charge in [0, 0.05) is 10.2 Å². The molecule has 0 radical (unpaired) electrons. The van der Waals surface area contributed by atoms with E-state index in [1.54, 1.807) is 0 Å². The van der Waals surface area contributed by atoms with Crippen molar-refractivity contribution >= 4 is 15.9 Å². The zero-order chi connectivity index (χ0) is 8.48. The van der Waals surface area contributed by atoms with Gasteiger partial charge in [-0.1, -0.05) is 15.9 Å². The molecule has 0 saturated carbocycles. The molecule has 11 heavy (non-hydrogen) atoms. The van der Waals surface area contributed by atoms with E-state index in [1.165, 1.54) is 0 Å². The second kappa shape index (κ2) is 2.71. The number of hydrogen-bond acceptors (Lipinski definition) is 2. The molecular weight excluding hydrogens is 204 g/mol. The lowest BCUT2D eigenvalue weighted by atomic mass is 10.0. The Hall–Kier alpha value is -0.750. The van der Waals surface area contributed by atoms with Crippen LogP contribution < -0.4 is 5.32 Å². The van der Waals surface area contributed by atoms with Crippen molar-refractivity contribution in [2.75, 3.05) is 0 Å². The van der Waals surface area contributed by atoms with Crippen molar-refractivity contribution in [1.82, 2.24) is 5.32 Å². The van der Waals surface area contributed by atoms with E-state index in [0.717, 1.165) is 10.2 Å². The third-order valence-electron chi connectivity index (χ3n) is 1.63. The van der Waals surface area contributed by atoms with Crippen LogP contribution in [0.25, 0.3) is 0 Å². The number of nitriles is 1. The van der Waals surface area contributed by atoms with Crippen LogP contribution in [-0.4, -0.2) is 5.54 Å². The Morgan fingerprint density at radius 1 is 1.64 bits per heavy atom. The highest BCUT2D eigenvalue weighted by Gasteiger charge is 2.28. The van der Waals surface area contributed by atoms with Gasteiger partial charge in [-0.25, -0.2) is 0 Å². The molecule has 0 aromatic heterocycles. The molecule has 1 atom stereocenters. The zero-order valence-corrected chi connectivity index (χ0v) is 8.07. The minimum atomic E-state index is -0.584. The van der Waals surface area contributed by atoms with Crippen molar-refractivity contribution < 1.29 is 0 Å². The maximum atomic E-state index is 8.83. The lowest BCUT2D eigenvalue weighted by Gasteiger charge is -2.27. The monoisotopic (exact) mass is 212 g/mol. The number of nitrogens with zero attached hydrogens (tertiary/aromatic N) is 1. The molecule has 0 saturated heterocycles. The average molecular weight is 213 g/mol. The summed E-state index contributed by atoms with van der Waals surface area (Å²) < 4.78 is 0.873.